The third-order valence-corrected chi connectivity index (χ3v) is 6.05. The lowest BCUT2D eigenvalue weighted by atomic mass is 9.91. The van der Waals surface area contributed by atoms with E-state index in [4.69, 9.17) is 0 Å². The summed E-state index contributed by atoms with van der Waals surface area (Å²) in [4.78, 5) is 16.9. The highest BCUT2D eigenvalue weighted by molar-refractivity contribution is 5.88. The molecular formula is C26H23F2N3O. The van der Waals surface area contributed by atoms with Crippen LogP contribution in [0.1, 0.15) is 35.3 Å². The van der Waals surface area contributed by atoms with Crippen molar-refractivity contribution in [3.8, 4) is 0 Å². The second-order valence-corrected chi connectivity index (χ2v) is 8.23. The maximum absolute atomic E-state index is 14.9. The molecule has 5 rings (SSSR count). The standard InChI is InChI=1S/C26H23F2N3O/c1-16(32)29-19-9-6-17(7-10-19)15-31-13-12-21-20-4-2-3-5-24(20)30-25(21)26(31)22-14-18(27)8-11-23(22)28/h2-11,14,26,30H,12-13,15H2,1H3,(H,29,32)/t26-/m1/s1. The number of hydrogen-bond acceptors (Lipinski definition) is 2. The van der Waals surface area contributed by atoms with Gasteiger partial charge in [-0.15, -0.1) is 0 Å². The normalized spacial score (nSPS) is 16.2. The van der Waals surface area contributed by atoms with Crippen LogP contribution in [0.3, 0.4) is 0 Å². The molecule has 0 saturated heterocycles. The van der Waals surface area contributed by atoms with Crippen molar-refractivity contribution in [1.82, 2.24) is 9.88 Å². The van der Waals surface area contributed by atoms with Crippen LogP contribution in [0.2, 0.25) is 0 Å². The molecule has 2 heterocycles. The average Bonchev–Trinajstić information content (AvgIpc) is 3.15. The fourth-order valence-electron chi connectivity index (χ4n) is 4.67. The molecule has 3 aromatic carbocycles. The van der Waals surface area contributed by atoms with Crippen molar-refractivity contribution in [1.29, 1.82) is 0 Å². The van der Waals surface area contributed by atoms with Gasteiger partial charge in [-0.25, -0.2) is 8.78 Å². The van der Waals surface area contributed by atoms with Crippen molar-refractivity contribution in [2.75, 3.05) is 11.9 Å². The first-order valence-electron chi connectivity index (χ1n) is 10.6. The predicted molar refractivity (Wildman–Crippen MR) is 121 cm³/mol. The summed E-state index contributed by atoms with van der Waals surface area (Å²) in [5, 5.41) is 3.89. The Bertz CT molecular complexity index is 1300. The van der Waals surface area contributed by atoms with Gasteiger partial charge in [0.2, 0.25) is 5.91 Å². The number of para-hydroxylation sites is 1. The number of halogens is 2. The van der Waals surface area contributed by atoms with E-state index in [1.807, 2.05) is 42.5 Å². The smallest absolute Gasteiger partial charge is 0.221 e. The van der Waals surface area contributed by atoms with Gasteiger partial charge in [0.05, 0.1) is 6.04 Å². The molecule has 0 spiro atoms. The summed E-state index contributed by atoms with van der Waals surface area (Å²) < 4.78 is 29.1. The first-order valence-corrected chi connectivity index (χ1v) is 10.6. The monoisotopic (exact) mass is 431 g/mol. The lowest BCUT2D eigenvalue weighted by Gasteiger charge is -2.36. The number of carbonyl (C=O) groups is 1. The van der Waals surface area contributed by atoms with Crippen molar-refractivity contribution in [3.05, 3.63) is 101 Å². The largest absolute Gasteiger partial charge is 0.357 e. The van der Waals surface area contributed by atoms with Crippen LogP contribution in [0.4, 0.5) is 14.5 Å². The van der Waals surface area contributed by atoms with Crippen molar-refractivity contribution >= 4 is 22.5 Å². The van der Waals surface area contributed by atoms with Gasteiger partial charge in [0, 0.05) is 47.9 Å². The van der Waals surface area contributed by atoms with E-state index in [0.717, 1.165) is 45.9 Å². The topological polar surface area (TPSA) is 48.1 Å². The first-order chi connectivity index (χ1) is 15.5. The zero-order chi connectivity index (χ0) is 22.2. The van der Waals surface area contributed by atoms with Crippen LogP contribution in [0, 0.1) is 11.6 Å². The minimum Gasteiger partial charge on any atom is -0.357 e. The van der Waals surface area contributed by atoms with E-state index in [0.29, 0.717) is 18.7 Å². The molecule has 4 nitrogen and oxygen atoms in total. The van der Waals surface area contributed by atoms with Gasteiger partial charge in [-0.3, -0.25) is 9.69 Å². The quantitative estimate of drug-likeness (QED) is 0.445. The number of anilines is 1. The van der Waals surface area contributed by atoms with Crippen LogP contribution in [0.5, 0.6) is 0 Å². The van der Waals surface area contributed by atoms with Crippen molar-refractivity contribution in [3.63, 3.8) is 0 Å². The zero-order valence-electron chi connectivity index (χ0n) is 17.7. The van der Waals surface area contributed by atoms with E-state index in [1.165, 1.54) is 19.1 Å². The maximum atomic E-state index is 14.9. The second kappa shape index (κ2) is 8.20. The Morgan fingerprint density at radius 3 is 2.66 bits per heavy atom. The Morgan fingerprint density at radius 1 is 1.09 bits per heavy atom. The Morgan fingerprint density at radius 2 is 1.88 bits per heavy atom. The molecule has 0 aliphatic carbocycles. The van der Waals surface area contributed by atoms with Crippen LogP contribution in [0.15, 0.2) is 66.7 Å². The highest BCUT2D eigenvalue weighted by Crippen LogP contribution is 2.40. The molecule has 0 saturated carbocycles. The fraction of sp³-hybridized carbons (Fsp3) is 0.192. The highest BCUT2D eigenvalue weighted by Gasteiger charge is 2.33. The molecule has 0 fully saturated rings. The van der Waals surface area contributed by atoms with Crippen LogP contribution in [-0.4, -0.2) is 22.3 Å². The highest BCUT2D eigenvalue weighted by atomic mass is 19.1. The lowest BCUT2D eigenvalue weighted by Crippen LogP contribution is -2.36. The van der Waals surface area contributed by atoms with Gasteiger partial charge in [0.15, 0.2) is 0 Å². The number of rotatable bonds is 4. The number of carbonyl (C=O) groups excluding carboxylic acids is 1. The molecule has 4 aromatic rings. The van der Waals surface area contributed by atoms with Crippen molar-refractivity contribution in [2.24, 2.45) is 0 Å². The SMILES string of the molecule is CC(=O)Nc1ccc(CN2CCc3c([nH]c4ccccc34)[C@H]2c2cc(F)ccc2F)cc1. The second-order valence-electron chi connectivity index (χ2n) is 8.23. The summed E-state index contributed by atoms with van der Waals surface area (Å²) in [6.45, 7) is 2.75. The molecule has 2 N–H and O–H groups in total. The van der Waals surface area contributed by atoms with Crippen LogP contribution >= 0.6 is 0 Å². The molecule has 162 valence electrons. The van der Waals surface area contributed by atoms with Crippen molar-refractivity contribution < 1.29 is 13.6 Å². The predicted octanol–water partition coefficient (Wildman–Crippen LogP) is 5.55. The number of fused-ring (bicyclic) bond motifs is 3. The summed E-state index contributed by atoms with van der Waals surface area (Å²) in [6, 6.07) is 18.9. The van der Waals surface area contributed by atoms with Gasteiger partial charge in [0.1, 0.15) is 11.6 Å². The van der Waals surface area contributed by atoms with Gasteiger partial charge < -0.3 is 10.3 Å². The minimum absolute atomic E-state index is 0.123. The van der Waals surface area contributed by atoms with Gasteiger partial charge in [-0.1, -0.05) is 30.3 Å². The fourth-order valence-corrected chi connectivity index (χ4v) is 4.67. The average molecular weight is 431 g/mol. The molecule has 1 atom stereocenters. The van der Waals surface area contributed by atoms with Gasteiger partial charge in [0.25, 0.3) is 0 Å². The molecule has 32 heavy (non-hydrogen) atoms. The van der Waals surface area contributed by atoms with Gasteiger partial charge >= 0.3 is 0 Å². The number of benzene rings is 3. The Hall–Kier alpha value is -3.51. The number of amides is 1. The number of nitrogens with zero attached hydrogens (tertiary/aromatic N) is 1. The molecule has 6 heteroatoms. The number of aromatic nitrogens is 1. The Balaban J connectivity index is 1.56. The first kappa shape index (κ1) is 20.4. The summed E-state index contributed by atoms with van der Waals surface area (Å²) >= 11 is 0. The number of hydrogen-bond donors (Lipinski definition) is 2. The van der Waals surface area contributed by atoms with Crippen LogP contribution < -0.4 is 5.32 Å². The molecule has 1 aliphatic heterocycles. The molecule has 1 amide bonds. The van der Waals surface area contributed by atoms with E-state index < -0.39 is 17.7 Å². The molecule has 0 bridgehead atoms. The Kier molecular flexibility index (Phi) is 5.23. The Labute approximate surface area is 184 Å². The minimum atomic E-state index is -0.454. The number of nitrogens with one attached hydrogen (secondary N) is 2. The van der Waals surface area contributed by atoms with E-state index in [-0.39, 0.29) is 5.91 Å². The van der Waals surface area contributed by atoms with E-state index >= 15 is 0 Å². The molecular weight excluding hydrogens is 408 g/mol. The summed E-state index contributed by atoms with van der Waals surface area (Å²) in [7, 11) is 0. The van der Waals surface area contributed by atoms with Gasteiger partial charge in [-0.05, 0) is 53.9 Å². The summed E-state index contributed by atoms with van der Waals surface area (Å²) in [5.41, 5.74) is 5.16. The maximum Gasteiger partial charge on any atom is 0.221 e. The van der Waals surface area contributed by atoms with E-state index in [9.17, 15) is 13.6 Å². The number of aromatic amines is 1. The van der Waals surface area contributed by atoms with Crippen molar-refractivity contribution in [2.45, 2.75) is 25.9 Å². The van der Waals surface area contributed by atoms with E-state index in [2.05, 4.69) is 21.3 Å². The number of H-pyrrole nitrogens is 1. The van der Waals surface area contributed by atoms with Crippen LogP contribution in [-0.2, 0) is 17.8 Å². The lowest BCUT2D eigenvalue weighted by molar-refractivity contribution is -0.114. The zero-order valence-corrected chi connectivity index (χ0v) is 17.7. The van der Waals surface area contributed by atoms with Crippen LogP contribution in [0.25, 0.3) is 10.9 Å². The molecule has 1 aliphatic rings. The molecule has 0 unspecified atom stereocenters. The van der Waals surface area contributed by atoms with E-state index in [1.54, 1.807) is 0 Å². The van der Waals surface area contributed by atoms with Gasteiger partial charge in [-0.2, -0.15) is 0 Å². The molecule has 1 aromatic heterocycles. The third kappa shape index (κ3) is 3.78. The summed E-state index contributed by atoms with van der Waals surface area (Å²) in [5.74, 6) is -1.00. The molecule has 0 radical (unpaired) electrons. The summed E-state index contributed by atoms with van der Waals surface area (Å²) in [6.07, 6.45) is 0.816. The third-order valence-electron chi connectivity index (χ3n) is 6.05.